The van der Waals surface area contributed by atoms with Crippen molar-refractivity contribution < 1.29 is 0 Å². The Morgan fingerprint density at radius 3 is 2.60 bits per heavy atom. The number of rotatable bonds is 4. The maximum absolute atomic E-state index is 8.68. The summed E-state index contributed by atoms with van der Waals surface area (Å²) in [6.07, 6.45) is 1.68. The van der Waals surface area contributed by atoms with Crippen LogP contribution in [0.2, 0.25) is 0 Å². The molecule has 1 rings (SSSR count). The van der Waals surface area contributed by atoms with Crippen LogP contribution in [0.15, 0.2) is 23.1 Å². The Hall–Kier alpha value is -0.940. The summed E-state index contributed by atoms with van der Waals surface area (Å²) >= 11 is 1.81. The highest BCUT2D eigenvalue weighted by molar-refractivity contribution is 8.00. The van der Waals surface area contributed by atoms with Crippen molar-refractivity contribution in [2.24, 2.45) is 0 Å². The average molecular weight is 219 g/mol. The maximum Gasteiger partial charge on any atom is 0.0633 e. The molecule has 2 heteroatoms. The van der Waals surface area contributed by atoms with E-state index in [1.165, 1.54) is 16.0 Å². The summed E-state index contributed by atoms with van der Waals surface area (Å²) in [5, 5.41) is 9.11. The molecule has 80 valence electrons. The number of hydrogen-bond acceptors (Lipinski definition) is 2. The van der Waals surface area contributed by atoms with Gasteiger partial charge in [0.05, 0.1) is 6.07 Å². The topological polar surface area (TPSA) is 23.8 Å². The van der Waals surface area contributed by atoms with Crippen molar-refractivity contribution in [3.8, 4) is 6.07 Å². The van der Waals surface area contributed by atoms with E-state index < -0.39 is 0 Å². The molecule has 1 nitrogen and oxygen atoms in total. The molecule has 0 aliphatic rings. The van der Waals surface area contributed by atoms with Gasteiger partial charge in [0.2, 0.25) is 0 Å². The number of nitriles is 1. The first-order valence-corrected chi connectivity index (χ1v) is 6.16. The number of benzene rings is 1. The second-order valence-electron chi connectivity index (χ2n) is 3.76. The fourth-order valence-corrected chi connectivity index (χ4v) is 2.45. The smallest absolute Gasteiger partial charge is 0.0633 e. The standard InChI is InChI=1S/C13H17NS/c1-4-12(7-8-14)15-13-6-5-10(2)11(3)9-13/h5-6,9,12H,4,7H2,1-3H3. The van der Waals surface area contributed by atoms with Crippen LogP contribution in [0.1, 0.15) is 30.9 Å². The van der Waals surface area contributed by atoms with Gasteiger partial charge in [0.15, 0.2) is 0 Å². The Morgan fingerprint density at radius 2 is 2.07 bits per heavy atom. The van der Waals surface area contributed by atoms with Gasteiger partial charge in [0.25, 0.3) is 0 Å². The molecule has 0 spiro atoms. The van der Waals surface area contributed by atoms with Gasteiger partial charge < -0.3 is 0 Å². The van der Waals surface area contributed by atoms with Crippen molar-refractivity contribution >= 4 is 11.8 Å². The van der Waals surface area contributed by atoms with Crippen molar-refractivity contribution in [3.05, 3.63) is 29.3 Å². The zero-order valence-corrected chi connectivity index (χ0v) is 10.4. The zero-order valence-electron chi connectivity index (χ0n) is 9.58. The average Bonchev–Trinajstić information content (AvgIpc) is 2.23. The summed E-state index contributed by atoms with van der Waals surface area (Å²) in [5.41, 5.74) is 2.65. The second kappa shape index (κ2) is 5.82. The fourth-order valence-electron chi connectivity index (χ4n) is 1.35. The molecular weight excluding hydrogens is 202 g/mol. The Labute approximate surface area is 96.5 Å². The molecule has 0 radical (unpaired) electrons. The van der Waals surface area contributed by atoms with E-state index in [4.69, 9.17) is 5.26 Å². The van der Waals surface area contributed by atoms with Gasteiger partial charge in [-0.1, -0.05) is 13.0 Å². The third-order valence-electron chi connectivity index (χ3n) is 2.56. The van der Waals surface area contributed by atoms with Crippen molar-refractivity contribution in [1.29, 1.82) is 5.26 Å². The van der Waals surface area contributed by atoms with E-state index in [2.05, 4.69) is 45.0 Å². The molecule has 0 amide bonds. The molecule has 0 N–H and O–H groups in total. The molecule has 1 unspecified atom stereocenters. The van der Waals surface area contributed by atoms with Crippen LogP contribution in [-0.2, 0) is 0 Å². The highest BCUT2D eigenvalue weighted by Crippen LogP contribution is 2.28. The third-order valence-corrected chi connectivity index (χ3v) is 3.91. The normalized spacial score (nSPS) is 12.1. The quantitative estimate of drug-likeness (QED) is 0.712. The predicted octanol–water partition coefficient (Wildman–Crippen LogP) is 4.09. The summed E-state index contributed by atoms with van der Waals surface area (Å²) in [5.74, 6) is 0. The molecule has 0 bridgehead atoms. The van der Waals surface area contributed by atoms with Gasteiger partial charge in [-0.25, -0.2) is 0 Å². The number of aryl methyl sites for hydroxylation is 2. The monoisotopic (exact) mass is 219 g/mol. The van der Waals surface area contributed by atoms with Gasteiger partial charge in [0.1, 0.15) is 0 Å². The first-order valence-electron chi connectivity index (χ1n) is 5.28. The highest BCUT2D eigenvalue weighted by atomic mass is 32.2. The molecule has 1 aromatic carbocycles. The van der Waals surface area contributed by atoms with Crippen molar-refractivity contribution in [2.45, 2.75) is 43.8 Å². The van der Waals surface area contributed by atoms with Crippen LogP contribution in [-0.4, -0.2) is 5.25 Å². The van der Waals surface area contributed by atoms with Crippen LogP contribution in [0.5, 0.6) is 0 Å². The Morgan fingerprint density at radius 1 is 1.33 bits per heavy atom. The summed E-state index contributed by atoms with van der Waals surface area (Å²) < 4.78 is 0. The predicted molar refractivity (Wildman–Crippen MR) is 66.1 cm³/mol. The molecular formula is C13H17NS. The number of thioether (sulfide) groups is 1. The first-order chi connectivity index (χ1) is 7.17. The van der Waals surface area contributed by atoms with Crippen LogP contribution in [0.25, 0.3) is 0 Å². The molecule has 0 saturated carbocycles. The Bertz CT molecular complexity index is 365. The molecule has 0 aromatic heterocycles. The minimum Gasteiger partial charge on any atom is -0.198 e. The van der Waals surface area contributed by atoms with E-state index in [1.807, 2.05) is 11.8 Å². The van der Waals surface area contributed by atoms with Crippen LogP contribution in [0.4, 0.5) is 0 Å². The van der Waals surface area contributed by atoms with Crippen molar-refractivity contribution in [2.75, 3.05) is 0 Å². The highest BCUT2D eigenvalue weighted by Gasteiger charge is 2.07. The third kappa shape index (κ3) is 3.60. The fraction of sp³-hybridized carbons (Fsp3) is 0.462. The van der Waals surface area contributed by atoms with Crippen LogP contribution in [0, 0.1) is 25.2 Å². The van der Waals surface area contributed by atoms with Gasteiger partial charge in [-0.3, -0.25) is 0 Å². The molecule has 1 aromatic rings. The molecule has 15 heavy (non-hydrogen) atoms. The van der Waals surface area contributed by atoms with Crippen LogP contribution in [0.3, 0.4) is 0 Å². The lowest BCUT2D eigenvalue weighted by molar-refractivity contribution is 0.842. The van der Waals surface area contributed by atoms with E-state index in [9.17, 15) is 0 Å². The summed E-state index contributed by atoms with van der Waals surface area (Å²) in [4.78, 5) is 1.28. The minimum absolute atomic E-state index is 0.428. The van der Waals surface area contributed by atoms with Gasteiger partial charge in [-0.2, -0.15) is 5.26 Å². The van der Waals surface area contributed by atoms with Crippen LogP contribution >= 0.6 is 11.8 Å². The minimum atomic E-state index is 0.428. The molecule has 0 heterocycles. The number of hydrogen-bond donors (Lipinski definition) is 0. The second-order valence-corrected chi connectivity index (χ2v) is 5.13. The SMILES string of the molecule is CCC(CC#N)Sc1ccc(C)c(C)c1. The largest absolute Gasteiger partial charge is 0.198 e. The molecule has 0 fully saturated rings. The lowest BCUT2D eigenvalue weighted by atomic mass is 10.1. The van der Waals surface area contributed by atoms with Gasteiger partial charge >= 0.3 is 0 Å². The lowest BCUT2D eigenvalue weighted by Gasteiger charge is -2.11. The Balaban J connectivity index is 2.71. The van der Waals surface area contributed by atoms with Crippen molar-refractivity contribution in [3.63, 3.8) is 0 Å². The lowest BCUT2D eigenvalue weighted by Crippen LogP contribution is -1.98. The van der Waals surface area contributed by atoms with Gasteiger partial charge in [0, 0.05) is 16.6 Å². The number of nitrogens with zero attached hydrogens (tertiary/aromatic N) is 1. The molecule has 1 atom stereocenters. The molecule has 0 aliphatic heterocycles. The summed E-state index contributed by atoms with van der Waals surface area (Å²) in [6, 6.07) is 8.75. The van der Waals surface area contributed by atoms with Gasteiger partial charge in [-0.15, -0.1) is 11.8 Å². The summed E-state index contributed by atoms with van der Waals surface area (Å²) in [6.45, 7) is 6.39. The van der Waals surface area contributed by atoms with E-state index in [0.717, 1.165) is 6.42 Å². The molecule has 0 saturated heterocycles. The molecule has 0 aliphatic carbocycles. The van der Waals surface area contributed by atoms with Gasteiger partial charge in [-0.05, 0) is 43.5 Å². The zero-order chi connectivity index (χ0) is 11.3. The van der Waals surface area contributed by atoms with Crippen LogP contribution < -0.4 is 0 Å². The Kier molecular flexibility index (Phi) is 4.71. The maximum atomic E-state index is 8.68. The first kappa shape index (κ1) is 12.1. The van der Waals surface area contributed by atoms with E-state index in [0.29, 0.717) is 11.7 Å². The van der Waals surface area contributed by atoms with E-state index in [-0.39, 0.29) is 0 Å². The summed E-state index contributed by atoms with van der Waals surface area (Å²) in [7, 11) is 0. The van der Waals surface area contributed by atoms with Crippen molar-refractivity contribution in [1.82, 2.24) is 0 Å². The van der Waals surface area contributed by atoms with E-state index >= 15 is 0 Å². The van der Waals surface area contributed by atoms with E-state index in [1.54, 1.807) is 0 Å².